The molecule has 3 atom stereocenters. The second kappa shape index (κ2) is 4.12. The molecular weight excluding hydrogens is 208 g/mol. The first kappa shape index (κ1) is 13.1. The van der Waals surface area contributed by atoms with E-state index in [1.807, 2.05) is 7.11 Å². The number of hydrogen-bond donors (Lipinski definition) is 0. The summed E-state index contributed by atoms with van der Waals surface area (Å²) in [6.45, 7) is 11.7. The Labute approximate surface area is 107 Å². The first-order chi connectivity index (χ1) is 7.93. The summed E-state index contributed by atoms with van der Waals surface area (Å²) in [4.78, 5) is 0. The molecule has 17 heavy (non-hydrogen) atoms. The summed E-state index contributed by atoms with van der Waals surface area (Å²) in [6.07, 6.45) is 5.01. The van der Waals surface area contributed by atoms with Crippen LogP contribution in [0.5, 0.6) is 0 Å². The zero-order valence-electron chi connectivity index (χ0n) is 12.4. The van der Waals surface area contributed by atoms with Crippen molar-refractivity contribution in [2.45, 2.75) is 65.9 Å². The monoisotopic (exact) mass is 236 g/mol. The minimum absolute atomic E-state index is 0.156. The summed E-state index contributed by atoms with van der Waals surface area (Å²) in [5.74, 6) is 1.48. The summed E-state index contributed by atoms with van der Waals surface area (Å²) in [5.41, 5.74) is 3.91. The maximum absolute atomic E-state index is 6.01. The van der Waals surface area contributed by atoms with Gasteiger partial charge in [0.1, 0.15) is 0 Å². The van der Waals surface area contributed by atoms with E-state index in [9.17, 15) is 0 Å². The van der Waals surface area contributed by atoms with E-state index < -0.39 is 0 Å². The number of rotatable bonds is 6. The number of ether oxygens (including phenoxy) is 1. The van der Waals surface area contributed by atoms with E-state index in [1.54, 1.807) is 11.1 Å². The van der Waals surface area contributed by atoms with Crippen molar-refractivity contribution >= 4 is 0 Å². The van der Waals surface area contributed by atoms with Crippen LogP contribution in [0, 0.1) is 17.3 Å². The molecule has 1 fully saturated rings. The third kappa shape index (κ3) is 1.78. The molecule has 1 heteroatoms. The van der Waals surface area contributed by atoms with Crippen molar-refractivity contribution in [1.82, 2.24) is 0 Å². The molecule has 0 N–H and O–H groups in total. The van der Waals surface area contributed by atoms with Crippen LogP contribution in [-0.2, 0) is 4.74 Å². The van der Waals surface area contributed by atoms with Gasteiger partial charge in [-0.3, -0.25) is 0 Å². The first-order valence-electron chi connectivity index (χ1n) is 7.17. The summed E-state index contributed by atoms with van der Waals surface area (Å²) >= 11 is 0. The maximum atomic E-state index is 6.01. The summed E-state index contributed by atoms with van der Waals surface area (Å²) in [7, 11) is 1.92. The van der Waals surface area contributed by atoms with E-state index in [0.29, 0.717) is 5.41 Å². The van der Waals surface area contributed by atoms with Crippen LogP contribution in [-0.4, -0.2) is 12.7 Å². The zero-order valence-corrected chi connectivity index (χ0v) is 12.4. The second-order valence-electron chi connectivity index (χ2n) is 6.69. The second-order valence-corrected chi connectivity index (χ2v) is 6.69. The van der Waals surface area contributed by atoms with Gasteiger partial charge in [0.05, 0.1) is 5.60 Å². The molecule has 1 nitrogen and oxygen atoms in total. The van der Waals surface area contributed by atoms with Crippen LogP contribution in [0.25, 0.3) is 0 Å². The molecule has 0 spiro atoms. The van der Waals surface area contributed by atoms with Gasteiger partial charge in [0.2, 0.25) is 0 Å². The standard InChI is InChI=1S/C16H28O/c1-7-13(5)16(14-8-12(14)4)10-15(16,17-6)9-11(2)3/h11,13H,7-10H2,1-6H3. The van der Waals surface area contributed by atoms with Crippen LogP contribution >= 0.6 is 0 Å². The van der Waals surface area contributed by atoms with Crippen molar-refractivity contribution < 1.29 is 4.74 Å². The highest BCUT2D eigenvalue weighted by molar-refractivity contribution is 5.48. The predicted molar refractivity (Wildman–Crippen MR) is 73.0 cm³/mol. The van der Waals surface area contributed by atoms with Gasteiger partial charge in [0.15, 0.2) is 0 Å². The quantitative estimate of drug-likeness (QED) is 0.614. The lowest BCUT2D eigenvalue weighted by Gasteiger charge is -2.29. The zero-order chi connectivity index (χ0) is 12.8. The Morgan fingerprint density at radius 1 is 1.29 bits per heavy atom. The van der Waals surface area contributed by atoms with E-state index in [2.05, 4.69) is 34.6 Å². The lowest BCUT2D eigenvalue weighted by atomic mass is 9.80. The third-order valence-corrected chi connectivity index (χ3v) is 5.21. The molecule has 0 heterocycles. The smallest absolute Gasteiger partial charge is 0.0787 e. The Bertz CT molecular complexity index is 341. The van der Waals surface area contributed by atoms with Crippen LogP contribution in [0.15, 0.2) is 11.1 Å². The molecule has 1 saturated carbocycles. The van der Waals surface area contributed by atoms with Gasteiger partial charge in [-0.05, 0) is 38.0 Å². The molecule has 98 valence electrons. The molecule has 0 aliphatic heterocycles. The highest BCUT2D eigenvalue weighted by Gasteiger charge is 2.72. The molecule has 2 aliphatic rings. The number of allylic oxidation sites excluding steroid dienone is 1. The van der Waals surface area contributed by atoms with E-state index in [0.717, 1.165) is 11.8 Å². The molecule has 0 saturated heterocycles. The molecule has 0 aromatic heterocycles. The average Bonchev–Trinajstić information content (AvgIpc) is 3.14. The van der Waals surface area contributed by atoms with E-state index in [1.165, 1.54) is 25.7 Å². The molecule has 2 aliphatic carbocycles. The maximum Gasteiger partial charge on any atom is 0.0787 e. The van der Waals surface area contributed by atoms with E-state index >= 15 is 0 Å². The van der Waals surface area contributed by atoms with Gasteiger partial charge in [-0.25, -0.2) is 0 Å². The Balaban J connectivity index is 2.27. The van der Waals surface area contributed by atoms with Crippen molar-refractivity contribution in [3.63, 3.8) is 0 Å². The Kier molecular flexibility index (Phi) is 3.18. The molecule has 2 rings (SSSR count). The van der Waals surface area contributed by atoms with Gasteiger partial charge in [-0.1, -0.05) is 45.3 Å². The normalized spacial score (nSPS) is 37.6. The molecule has 3 unspecified atom stereocenters. The minimum Gasteiger partial charge on any atom is -0.377 e. The lowest BCUT2D eigenvalue weighted by molar-refractivity contribution is 0.0197. The summed E-state index contributed by atoms with van der Waals surface area (Å²) in [6, 6.07) is 0. The molecule has 0 aromatic rings. The predicted octanol–water partition coefficient (Wildman–Crippen LogP) is 4.57. The Hall–Kier alpha value is -0.300. The summed E-state index contributed by atoms with van der Waals surface area (Å²) in [5, 5.41) is 0. The van der Waals surface area contributed by atoms with Gasteiger partial charge in [0, 0.05) is 12.5 Å². The molecule has 0 aromatic carbocycles. The van der Waals surface area contributed by atoms with Gasteiger partial charge >= 0.3 is 0 Å². The van der Waals surface area contributed by atoms with Gasteiger partial charge in [0.25, 0.3) is 0 Å². The van der Waals surface area contributed by atoms with Crippen LogP contribution < -0.4 is 0 Å². The highest BCUT2D eigenvalue weighted by atomic mass is 16.5. The van der Waals surface area contributed by atoms with Crippen LogP contribution in [0.4, 0.5) is 0 Å². The Morgan fingerprint density at radius 2 is 1.88 bits per heavy atom. The fraction of sp³-hybridized carbons (Fsp3) is 0.875. The van der Waals surface area contributed by atoms with Crippen molar-refractivity contribution in [1.29, 1.82) is 0 Å². The molecule has 0 bridgehead atoms. The summed E-state index contributed by atoms with van der Waals surface area (Å²) < 4.78 is 6.01. The first-order valence-corrected chi connectivity index (χ1v) is 7.17. The van der Waals surface area contributed by atoms with Crippen molar-refractivity contribution in [2.24, 2.45) is 17.3 Å². The molecule has 0 radical (unpaired) electrons. The van der Waals surface area contributed by atoms with Crippen molar-refractivity contribution in [3.05, 3.63) is 11.1 Å². The lowest BCUT2D eigenvalue weighted by Crippen LogP contribution is -2.29. The van der Waals surface area contributed by atoms with Crippen molar-refractivity contribution in [3.8, 4) is 0 Å². The van der Waals surface area contributed by atoms with Crippen LogP contribution in [0.2, 0.25) is 0 Å². The molecule has 0 amide bonds. The van der Waals surface area contributed by atoms with Crippen LogP contribution in [0.3, 0.4) is 0 Å². The Morgan fingerprint density at radius 3 is 2.24 bits per heavy atom. The van der Waals surface area contributed by atoms with E-state index in [4.69, 9.17) is 4.74 Å². The van der Waals surface area contributed by atoms with Crippen molar-refractivity contribution in [2.75, 3.05) is 7.11 Å². The highest BCUT2D eigenvalue weighted by Crippen LogP contribution is 2.74. The van der Waals surface area contributed by atoms with Gasteiger partial charge in [-0.15, -0.1) is 0 Å². The van der Waals surface area contributed by atoms with E-state index in [-0.39, 0.29) is 5.60 Å². The minimum atomic E-state index is 0.156. The van der Waals surface area contributed by atoms with Gasteiger partial charge in [-0.2, -0.15) is 0 Å². The van der Waals surface area contributed by atoms with Gasteiger partial charge < -0.3 is 4.74 Å². The third-order valence-electron chi connectivity index (χ3n) is 5.21. The molecular formula is C16H28O. The fourth-order valence-electron chi connectivity index (χ4n) is 4.07. The SMILES string of the molecule is CCC(C)C1(C2=C(C)C2)CC1(CC(C)C)OC. The van der Waals surface area contributed by atoms with Crippen LogP contribution in [0.1, 0.15) is 60.3 Å². The fourth-order valence-corrected chi connectivity index (χ4v) is 4.07. The number of methoxy groups -OCH3 is 1. The number of hydrogen-bond acceptors (Lipinski definition) is 1. The topological polar surface area (TPSA) is 9.23 Å². The largest absolute Gasteiger partial charge is 0.377 e. The average molecular weight is 236 g/mol.